The third-order valence-electron chi connectivity index (χ3n) is 3.37. The predicted molar refractivity (Wildman–Crippen MR) is 79.6 cm³/mol. The molecule has 0 aliphatic rings. The van der Waals surface area contributed by atoms with E-state index in [4.69, 9.17) is 11.6 Å². The molecule has 0 heterocycles. The van der Waals surface area contributed by atoms with Gasteiger partial charge < -0.3 is 0 Å². The molecule has 0 amide bonds. The number of Topliss-reactive ketones (excluding diaryl/α,β-unsaturated/α-hetero) is 1. The predicted octanol–water partition coefficient (Wildman–Crippen LogP) is 4.78. The molecule has 0 aliphatic carbocycles. The molecule has 0 N–H and O–H groups in total. The summed E-state index contributed by atoms with van der Waals surface area (Å²) in [6.07, 6.45) is 0.769. The van der Waals surface area contributed by atoms with E-state index in [2.05, 4.69) is 0 Å². The molecule has 0 bridgehead atoms. The maximum atomic E-state index is 13.7. The van der Waals surface area contributed by atoms with Crippen molar-refractivity contribution in [2.24, 2.45) is 0 Å². The number of halogens is 2. The number of carbonyl (C=O) groups is 1. The van der Waals surface area contributed by atoms with Crippen molar-refractivity contribution in [2.45, 2.75) is 25.7 Å². The second-order valence-electron chi connectivity index (χ2n) is 4.75. The molecule has 1 atom stereocenters. The first-order valence-electron chi connectivity index (χ1n) is 6.63. The summed E-state index contributed by atoms with van der Waals surface area (Å²) in [4.78, 5) is 12.4. The minimum Gasteiger partial charge on any atom is -0.299 e. The standard InChI is InChI=1S/C17H16ClFO/c1-2-15(12-6-4-3-5-7-12)17(20)11-13-10-14(18)8-9-16(13)19/h3-10,15H,2,11H2,1H3. The van der Waals surface area contributed by atoms with E-state index in [1.54, 1.807) is 0 Å². The maximum absolute atomic E-state index is 13.7. The monoisotopic (exact) mass is 290 g/mol. The summed E-state index contributed by atoms with van der Waals surface area (Å²) in [6.45, 7) is 1.96. The zero-order chi connectivity index (χ0) is 14.5. The highest BCUT2D eigenvalue weighted by atomic mass is 35.5. The molecule has 1 nitrogen and oxygen atoms in total. The van der Waals surface area contributed by atoms with Gasteiger partial charge in [-0.2, -0.15) is 0 Å². The highest BCUT2D eigenvalue weighted by Crippen LogP contribution is 2.24. The summed E-state index contributed by atoms with van der Waals surface area (Å²) in [7, 11) is 0. The van der Waals surface area contributed by atoms with Crippen molar-refractivity contribution in [2.75, 3.05) is 0 Å². The van der Waals surface area contributed by atoms with Crippen molar-refractivity contribution < 1.29 is 9.18 Å². The molecular formula is C17H16ClFO. The van der Waals surface area contributed by atoms with Crippen LogP contribution in [-0.4, -0.2) is 5.78 Å². The number of rotatable bonds is 5. The first-order valence-corrected chi connectivity index (χ1v) is 7.01. The molecule has 0 saturated heterocycles. The van der Waals surface area contributed by atoms with Gasteiger partial charge in [-0.05, 0) is 35.7 Å². The van der Waals surface area contributed by atoms with Crippen LogP contribution in [0.5, 0.6) is 0 Å². The smallest absolute Gasteiger partial charge is 0.144 e. The lowest BCUT2D eigenvalue weighted by Gasteiger charge is -2.14. The quantitative estimate of drug-likeness (QED) is 0.774. The Kier molecular flexibility index (Phi) is 4.91. The minimum absolute atomic E-state index is 0.0138. The van der Waals surface area contributed by atoms with Gasteiger partial charge in [0, 0.05) is 17.4 Å². The van der Waals surface area contributed by atoms with E-state index in [0.717, 1.165) is 5.56 Å². The second kappa shape index (κ2) is 6.67. The molecule has 0 aliphatic heterocycles. The molecule has 0 aromatic heterocycles. The lowest BCUT2D eigenvalue weighted by molar-refractivity contribution is -0.120. The molecule has 0 spiro atoms. The van der Waals surface area contributed by atoms with Crippen LogP contribution in [0.1, 0.15) is 30.4 Å². The Balaban J connectivity index is 2.20. The molecule has 0 fully saturated rings. The van der Waals surface area contributed by atoms with E-state index in [9.17, 15) is 9.18 Å². The molecule has 0 saturated carbocycles. The number of ketones is 1. The van der Waals surface area contributed by atoms with Gasteiger partial charge in [-0.15, -0.1) is 0 Å². The summed E-state index contributed by atoms with van der Waals surface area (Å²) >= 11 is 5.85. The Morgan fingerprint density at radius 2 is 1.90 bits per heavy atom. The zero-order valence-corrected chi connectivity index (χ0v) is 12.0. The average Bonchev–Trinajstić information content (AvgIpc) is 2.45. The topological polar surface area (TPSA) is 17.1 Å². The van der Waals surface area contributed by atoms with Crippen LogP contribution < -0.4 is 0 Å². The molecule has 2 aromatic carbocycles. The van der Waals surface area contributed by atoms with Gasteiger partial charge in [0.05, 0.1) is 0 Å². The minimum atomic E-state index is -0.384. The molecule has 1 unspecified atom stereocenters. The maximum Gasteiger partial charge on any atom is 0.144 e. The fourth-order valence-corrected chi connectivity index (χ4v) is 2.52. The summed E-state index contributed by atoms with van der Waals surface area (Å²) < 4.78 is 13.7. The number of hydrogen-bond donors (Lipinski definition) is 0. The first-order chi connectivity index (χ1) is 9.61. The normalized spacial score (nSPS) is 12.2. The third kappa shape index (κ3) is 3.45. The Morgan fingerprint density at radius 3 is 2.55 bits per heavy atom. The number of hydrogen-bond acceptors (Lipinski definition) is 1. The average molecular weight is 291 g/mol. The van der Waals surface area contributed by atoms with Gasteiger partial charge in [-0.3, -0.25) is 4.79 Å². The fraction of sp³-hybridized carbons (Fsp3) is 0.235. The first kappa shape index (κ1) is 14.7. The van der Waals surface area contributed by atoms with Crippen LogP contribution in [0, 0.1) is 5.82 Å². The molecule has 0 radical (unpaired) electrons. The van der Waals surface area contributed by atoms with Crippen LogP contribution in [-0.2, 0) is 11.2 Å². The van der Waals surface area contributed by atoms with Crippen LogP contribution in [0.4, 0.5) is 4.39 Å². The summed E-state index contributed by atoms with van der Waals surface area (Å²) in [5, 5.41) is 0.446. The van der Waals surface area contributed by atoms with E-state index in [1.165, 1.54) is 18.2 Å². The van der Waals surface area contributed by atoms with Crippen LogP contribution in [0.2, 0.25) is 5.02 Å². The van der Waals surface area contributed by atoms with Crippen molar-refractivity contribution in [1.82, 2.24) is 0 Å². The molecule has 3 heteroatoms. The van der Waals surface area contributed by atoms with Crippen molar-refractivity contribution in [3.8, 4) is 0 Å². The Bertz CT molecular complexity index is 595. The lowest BCUT2D eigenvalue weighted by atomic mass is 9.89. The Labute approximate surface area is 123 Å². The molecule has 2 aromatic rings. The molecule has 2 rings (SSSR count). The van der Waals surface area contributed by atoms with E-state index in [0.29, 0.717) is 17.0 Å². The van der Waals surface area contributed by atoms with E-state index in [1.807, 2.05) is 37.3 Å². The van der Waals surface area contributed by atoms with Crippen LogP contribution in [0.15, 0.2) is 48.5 Å². The van der Waals surface area contributed by atoms with E-state index < -0.39 is 0 Å². The van der Waals surface area contributed by atoms with Gasteiger partial charge >= 0.3 is 0 Å². The Hall–Kier alpha value is -1.67. The van der Waals surface area contributed by atoms with Gasteiger partial charge in [-0.1, -0.05) is 48.9 Å². The van der Waals surface area contributed by atoms with Crippen molar-refractivity contribution in [1.29, 1.82) is 0 Å². The highest BCUT2D eigenvalue weighted by molar-refractivity contribution is 6.30. The van der Waals surface area contributed by atoms with Gasteiger partial charge in [0.15, 0.2) is 0 Å². The van der Waals surface area contributed by atoms with Gasteiger partial charge in [0.2, 0.25) is 0 Å². The van der Waals surface area contributed by atoms with Crippen LogP contribution in [0.25, 0.3) is 0 Å². The molecule has 104 valence electrons. The number of benzene rings is 2. The molecule has 20 heavy (non-hydrogen) atoms. The largest absolute Gasteiger partial charge is 0.299 e. The number of carbonyl (C=O) groups excluding carboxylic acids is 1. The van der Waals surface area contributed by atoms with Crippen molar-refractivity contribution >= 4 is 17.4 Å². The van der Waals surface area contributed by atoms with Gasteiger partial charge in [0.25, 0.3) is 0 Å². The van der Waals surface area contributed by atoms with E-state index in [-0.39, 0.29) is 23.9 Å². The highest BCUT2D eigenvalue weighted by Gasteiger charge is 2.20. The van der Waals surface area contributed by atoms with Crippen molar-refractivity contribution in [3.63, 3.8) is 0 Å². The molecular weight excluding hydrogens is 275 g/mol. The van der Waals surface area contributed by atoms with Crippen LogP contribution in [0.3, 0.4) is 0 Å². The lowest BCUT2D eigenvalue weighted by Crippen LogP contribution is -2.15. The van der Waals surface area contributed by atoms with Gasteiger partial charge in [0.1, 0.15) is 11.6 Å². The zero-order valence-electron chi connectivity index (χ0n) is 11.3. The van der Waals surface area contributed by atoms with Crippen molar-refractivity contribution in [3.05, 3.63) is 70.5 Å². The fourth-order valence-electron chi connectivity index (χ4n) is 2.32. The summed E-state index contributed by atoms with van der Waals surface area (Å²) in [6, 6.07) is 13.9. The Morgan fingerprint density at radius 1 is 1.20 bits per heavy atom. The SMILES string of the molecule is CCC(C(=O)Cc1cc(Cl)ccc1F)c1ccccc1. The van der Waals surface area contributed by atoms with E-state index >= 15 is 0 Å². The van der Waals surface area contributed by atoms with Gasteiger partial charge in [-0.25, -0.2) is 4.39 Å². The van der Waals surface area contributed by atoms with Crippen LogP contribution >= 0.6 is 11.6 Å². The third-order valence-corrected chi connectivity index (χ3v) is 3.61. The summed E-state index contributed by atoms with van der Waals surface area (Å²) in [5.41, 5.74) is 1.33. The summed E-state index contributed by atoms with van der Waals surface area (Å²) in [5.74, 6) is -0.569. The second-order valence-corrected chi connectivity index (χ2v) is 5.19.